The number of aryl methyl sites for hydroxylation is 1. The predicted octanol–water partition coefficient (Wildman–Crippen LogP) is 4.92. The van der Waals surface area contributed by atoms with E-state index in [0.717, 1.165) is 35.6 Å². The molecule has 9 heteroatoms. The summed E-state index contributed by atoms with van der Waals surface area (Å²) >= 11 is 0. The molecule has 9 nitrogen and oxygen atoms in total. The van der Waals surface area contributed by atoms with Gasteiger partial charge in [0.25, 0.3) is 5.56 Å². The van der Waals surface area contributed by atoms with E-state index in [9.17, 15) is 4.79 Å². The molecule has 186 valence electrons. The summed E-state index contributed by atoms with van der Waals surface area (Å²) in [6.07, 6.45) is 15.6. The van der Waals surface area contributed by atoms with Gasteiger partial charge in [-0.2, -0.15) is 0 Å². The van der Waals surface area contributed by atoms with Crippen molar-refractivity contribution in [3.05, 3.63) is 77.1 Å². The zero-order chi connectivity index (χ0) is 24.9. The van der Waals surface area contributed by atoms with Crippen LogP contribution >= 0.6 is 0 Å². The zero-order valence-electron chi connectivity index (χ0n) is 20.8. The third-order valence-corrected chi connectivity index (χ3v) is 7.70. The minimum Gasteiger partial charge on any atom is -0.309 e. The Bertz CT molecular complexity index is 1670. The number of rotatable bonds is 5. The molecule has 2 saturated carbocycles. The number of imidazole rings is 1. The van der Waals surface area contributed by atoms with Crippen molar-refractivity contribution >= 4 is 10.9 Å². The maximum atomic E-state index is 13.7. The molecule has 2 aliphatic rings. The molecule has 0 N–H and O–H groups in total. The van der Waals surface area contributed by atoms with Crippen molar-refractivity contribution < 1.29 is 0 Å². The Morgan fingerprint density at radius 3 is 2.65 bits per heavy atom. The minimum absolute atomic E-state index is 0.160. The number of pyridine rings is 1. The highest BCUT2D eigenvalue weighted by atomic mass is 16.1. The second-order valence-corrected chi connectivity index (χ2v) is 10.3. The summed E-state index contributed by atoms with van der Waals surface area (Å²) in [6.45, 7) is 2.03. The van der Waals surface area contributed by atoms with Gasteiger partial charge in [-0.05, 0) is 62.4 Å². The molecule has 1 aromatic carbocycles. The van der Waals surface area contributed by atoms with Gasteiger partial charge in [0.05, 0.1) is 28.6 Å². The van der Waals surface area contributed by atoms with Crippen molar-refractivity contribution in [2.24, 2.45) is 0 Å². The summed E-state index contributed by atoms with van der Waals surface area (Å²) in [5.74, 6) is 1.82. The quantitative estimate of drug-likeness (QED) is 0.346. The van der Waals surface area contributed by atoms with Crippen LogP contribution in [0.25, 0.3) is 33.9 Å². The molecule has 0 spiro atoms. The molecule has 2 fully saturated rings. The first-order valence-electron chi connectivity index (χ1n) is 13.1. The predicted molar refractivity (Wildman–Crippen MR) is 140 cm³/mol. The average molecular weight is 493 g/mol. The number of benzene rings is 1. The average Bonchev–Trinajstić information content (AvgIpc) is 3.45. The molecule has 0 radical (unpaired) electrons. The molecule has 4 heterocycles. The van der Waals surface area contributed by atoms with Gasteiger partial charge >= 0.3 is 0 Å². The molecule has 0 saturated heterocycles. The molecule has 4 aromatic heterocycles. The lowest BCUT2D eigenvalue weighted by Gasteiger charge is -2.23. The fourth-order valence-corrected chi connectivity index (χ4v) is 5.50. The van der Waals surface area contributed by atoms with Crippen LogP contribution in [0, 0.1) is 6.92 Å². The van der Waals surface area contributed by atoms with E-state index < -0.39 is 0 Å². The van der Waals surface area contributed by atoms with Crippen molar-refractivity contribution in [2.45, 2.75) is 63.8 Å². The molecule has 0 unspecified atom stereocenters. The second-order valence-electron chi connectivity index (χ2n) is 10.3. The lowest BCUT2D eigenvalue weighted by molar-refractivity contribution is 0.354. The molecule has 7 rings (SSSR count). The zero-order valence-corrected chi connectivity index (χ0v) is 20.8. The first kappa shape index (κ1) is 22.1. The van der Waals surface area contributed by atoms with Gasteiger partial charge in [-0.1, -0.05) is 25.3 Å². The summed E-state index contributed by atoms with van der Waals surface area (Å²) in [4.78, 5) is 27.7. The van der Waals surface area contributed by atoms with Crippen molar-refractivity contribution in [3.63, 3.8) is 0 Å². The SMILES string of the molecule is Cc1cc2ncn(-c3cccc(-c4nncn4C4CCCCC4)n3)c(=O)c2cc1-n1cnc(C2CC2)c1. The standard InChI is InChI=1S/C28H28N8O/c1-18-12-23-21(13-25(18)34-14-24(29-15-34)19-10-11-19)28(37)36(16-30-23)26-9-5-8-22(32-26)27-33-31-17-35(27)20-6-3-2-4-7-20/h5,8-9,12-17,19-20H,2-4,6-7,10-11H2,1H3. The molecule has 0 atom stereocenters. The first-order chi connectivity index (χ1) is 18.2. The van der Waals surface area contributed by atoms with E-state index in [1.165, 1.54) is 36.7 Å². The molecule has 2 aliphatic carbocycles. The number of fused-ring (bicyclic) bond motifs is 1. The van der Waals surface area contributed by atoms with E-state index in [2.05, 4.69) is 30.9 Å². The van der Waals surface area contributed by atoms with Gasteiger partial charge in [-0.15, -0.1) is 10.2 Å². The number of nitrogens with zero attached hydrogens (tertiary/aromatic N) is 8. The Kier molecular flexibility index (Phi) is 5.23. The lowest BCUT2D eigenvalue weighted by atomic mass is 9.95. The Morgan fingerprint density at radius 1 is 0.946 bits per heavy atom. The smallest absolute Gasteiger partial charge is 0.267 e. The van der Waals surface area contributed by atoms with Crippen LogP contribution in [0.3, 0.4) is 0 Å². The van der Waals surface area contributed by atoms with Crippen molar-refractivity contribution in [1.82, 2.24) is 38.9 Å². The third-order valence-electron chi connectivity index (χ3n) is 7.70. The van der Waals surface area contributed by atoms with Crippen LogP contribution in [0.2, 0.25) is 0 Å². The van der Waals surface area contributed by atoms with Gasteiger partial charge in [0.1, 0.15) is 24.2 Å². The van der Waals surface area contributed by atoms with Crippen molar-refractivity contribution in [2.75, 3.05) is 0 Å². The number of hydrogen-bond acceptors (Lipinski definition) is 6. The Balaban J connectivity index is 1.29. The highest BCUT2D eigenvalue weighted by molar-refractivity contribution is 5.81. The topological polar surface area (TPSA) is 96.3 Å². The molecule has 5 aromatic rings. The molecule has 0 bridgehead atoms. The van der Waals surface area contributed by atoms with Gasteiger partial charge < -0.3 is 9.13 Å². The van der Waals surface area contributed by atoms with Gasteiger partial charge in [0, 0.05) is 18.2 Å². The van der Waals surface area contributed by atoms with Crippen LogP contribution in [0.15, 0.2) is 60.3 Å². The van der Waals surface area contributed by atoms with Gasteiger partial charge in [0.15, 0.2) is 5.82 Å². The van der Waals surface area contributed by atoms with E-state index in [4.69, 9.17) is 4.98 Å². The molecule has 0 amide bonds. The van der Waals surface area contributed by atoms with Crippen LogP contribution < -0.4 is 5.56 Å². The summed E-state index contributed by atoms with van der Waals surface area (Å²) < 4.78 is 5.66. The van der Waals surface area contributed by atoms with E-state index in [1.807, 2.05) is 48.1 Å². The highest BCUT2D eigenvalue weighted by Gasteiger charge is 2.26. The molecule has 0 aliphatic heterocycles. The maximum absolute atomic E-state index is 13.7. The second kappa shape index (κ2) is 8.76. The van der Waals surface area contributed by atoms with E-state index in [-0.39, 0.29) is 5.56 Å². The summed E-state index contributed by atoms with van der Waals surface area (Å²) in [7, 11) is 0. The fourth-order valence-electron chi connectivity index (χ4n) is 5.50. The third kappa shape index (κ3) is 3.94. The Hall–Kier alpha value is -4.14. The largest absolute Gasteiger partial charge is 0.309 e. The van der Waals surface area contributed by atoms with E-state index >= 15 is 0 Å². The number of aromatic nitrogens is 8. The lowest BCUT2D eigenvalue weighted by Crippen LogP contribution is -2.20. The Labute approximate surface area is 213 Å². The van der Waals surface area contributed by atoms with Crippen LogP contribution in [0.4, 0.5) is 0 Å². The van der Waals surface area contributed by atoms with Crippen LogP contribution in [0.1, 0.15) is 68.2 Å². The minimum atomic E-state index is -0.160. The van der Waals surface area contributed by atoms with Crippen LogP contribution in [-0.4, -0.2) is 38.9 Å². The van der Waals surface area contributed by atoms with Gasteiger partial charge in [-0.25, -0.2) is 15.0 Å². The Morgan fingerprint density at radius 2 is 1.81 bits per heavy atom. The van der Waals surface area contributed by atoms with Crippen molar-refractivity contribution in [1.29, 1.82) is 0 Å². The monoisotopic (exact) mass is 492 g/mol. The van der Waals surface area contributed by atoms with E-state index in [1.54, 1.807) is 12.7 Å². The summed E-state index contributed by atoms with van der Waals surface area (Å²) in [5.41, 5.74) is 4.30. The normalized spacial score (nSPS) is 16.5. The summed E-state index contributed by atoms with van der Waals surface area (Å²) in [5, 5.41) is 9.11. The fraction of sp³-hybridized carbons (Fsp3) is 0.357. The first-order valence-corrected chi connectivity index (χ1v) is 13.1. The van der Waals surface area contributed by atoms with Crippen LogP contribution in [-0.2, 0) is 0 Å². The van der Waals surface area contributed by atoms with Gasteiger partial charge in [0.2, 0.25) is 0 Å². The highest BCUT2D eigenvalue weighted by Crippen LogP contribution is 2.39. The molecular weight excluding hydrogens is 464 g/mol. The van der Waals surface area contributed by atoms with Crippen molar-refractivity contribution in [3.8, 4) is 23.0 Å². The van der Waals surface area contributed by atoms with Gasteiger partial charge in [-0.3, -0.25) is 9.36 Å². The van der Waals surface area contributed by atoms with E-state index in [0.29, 0.717) is 34.4 Å². The number of hydrogen-bond donors (Lipinski definition) is 0. The molecular formula is C28H28N8O. The molecule has 37 heavy (non-hydrogen) atoms. The van der Waals surface area contributed by atoms with Crippen LogP contribution in [0.5, 0.6) is 0 Å². The summed E-state index contributed by atoms with van der Waals surface area (Å²) in [6, 6.07) is 9.91. The maximum Gasteiger partial charge on any atom is 0.267 e.